The van der Waals surface area contributed by atoms with Crippen LogP contribution >= 0.6 is 0 Å². The lowest BCUT2D eigenvalue weighted by atomic mass is 9.81. The molecule has 0 aromatic heterocycles. The molecule has 1 saturated carbocycles. The van der Waals surface area contributed by atoms with E-state index in [1.807, 2.05) is 0 Å². The summed E-state index contributed by atoms with van der Waals surface area (Å²) in [6, 6.07) is 0.830. The number of hydrogen-bond acceptors (Lipinski definition) is 3. The van der Waals surface area contributed by atoms with E-state index in [9.17, 15) is 0 Å². The highest BCUT2D eigenvalue weighted by Gasteiger charge is 2.30. The summed E-state index contributed by atoms with van der Waals surface area (Å²) in [6.45, 7) is 9.53. The van der Waals surface area contributed by atoms with Crippen molar-refractivity contribution in [2.75, 3.05) is 47.3 Å². The molecule has 0 bridgehead atoms. The van der Waals surface area contributed by atoms with Crippen LogP contribution in [0.2, 0.25) is 0 Å². The van der Waals surface area contributed by atoms with E-state index in [4.69, 9.17) is 0 Å². The van der Waals surface area contributed by atoms with Gasteiger partial charge in [0.2, 0.25) is 0 Å². The first-order chi connectivity index (χ1) is 9.01. The van der Waals surface area contributed by atoms with E-state index in [0.29, 0.717) is 5.41 Å². The van der Waals surface area contributed by atoms with Gasteiger partial charge in [-0.25, -0.2) is 0 Å². The monoisotopic (exact) mass is 269 g/mol. The quantitative estimate of drug-likeness (QED) is 0.621. The molecule has 0 amide bonds. The van der Waals surface area contributed by atoms with Crippen molar-refractivity contribution in [3.05, 3.63) is 0 Å². The average Bonchev–Trinajstić information content (AvgIpc) is 3.18. The fourth-order valence-corrected chi connectivity index (χ4v) is 2.74. The van der Waals surface area contributed by atoms with Crippen LogP contribution in [-0.4, -0.2) is 63.2 Å². The second kappa shape index (κ2) is 8.23. The molecule has 0 unspecified atom stereocenters. The van der Waals surface area contributed by atoms with Gasteiger partial charge in [-0.2, -0.15) is 0 Å². The molecule has 3 heteroatoms. The van der Waals surface area contributed by atoms with Gasteiger partial charge in [0.05, 0.1) is 0 Å². The Kier molecular flexibility index (Phi) is 7.33. The summed E-state index contributed by atoms with van der Waals surface area (Å²) < 4.78 is 0. The smallest absolute Gasteiger partial charge is 0.00684 e. The first kappa shape index (κ1) is 16.9. The van der Waals surface area contributed by atoms with Gasteiger partial charge in [-0.1, -0.05) is 13.8 Å². The molecule has 0 heterocycles. The van der Waals surface area contributed by atoms with Gasteiger partial charge < -0.3 is 15.1 Å². The fourth-order valence-electron chi connectivity index (χ4n) is 2.74. The molecule has 0 aliphatic heterocycles. The van der Waals surface area contributed by atoms with Gasteiger partial charge in [-0.05, 0) is 71.8 Å². The molecule has 1 rings (SSSR count). The number of hydrogen-bond donors (Lipinski definition) is 1. The minimum Gasteiger partial charge on any atom is -0.313 e. The van der Waals surface area contributed by atoms with E-state index < -0.39 is 0 Å². The molecule has 1 fully saturated rings. The minimum absolute atomic E-state index is 0.468. The van der Waals surface area contributed by atoms with Gasteiger partial charge in [0.1, 0.15) is 0 Å². The Labute approximate surface area is 120 Å². The van der Waals surface area contributed by atoms with E-state index in [1.54, 1.807) is 0 Å². The Morgan fingerprint density at radius 2 is 1.68 bits per heavy atom. The van der Waals surface area contributed by atoms with Crippen LogP contribution in [0.3, 0.4) is 0 Å². The van der Waals surface area contributed by atoms with Crippen molar-refractivity contribution >= 4 is 0 Å². The summed E-state index contributed by atoms with van der Waals surface area (Å²) in [6.07, 6.45) is 6.61. The maximum atomic E-state index is 3.74. The van der Waals surface area contributed by atoms with Crippen LogP contribution in [0, 0.1) is 5.41 Å². The molecule has 19 heavy (non-hydrogen) atoms. The summed E-state index contributed by atoms with van der Waals surface area (Å²) in [7, 11) is 6.59. The summed E-state index contributed by atoms with van der Waals surface area (Å²) >= 11 is 0. The molecule has 0 aromatic rings. The summed E-state index contributed by atoms with van der Waals surface area (Å²) in [4.78, 5) is 4.81. The third-order valence-corrected chi connectivity index (χ3v) is 4.59. The predicted molar refractivity (Wildman–Crippen MR) is 84.7 cm³/mol. The van der Waals surface area contributed by atoms with Gasteiger partial charge in [0.25, 0.3) is 0 Å². The lowest BCUT2D eigenvalue weighted by Gasteiger charge is -2.36. The van der Waals surface area contributed by atoms with Crippen molar-refractivity contribution in [3.63, 3.8) is 0 Å². The Balaban J connectivity index is 2.32. The molecule has 3 nitrogen and oxygen atoms in total. The third kappa shape index (κ3) is 6.73. The molecule has 1 N–H and O–H groups in total. The standard InChI is InChI=1S/C16H35N3/c1-6-16(7-2,13-17-15-9-10-15)14-19(5)12-8-11-18(3)4/h15,17H,6-14H2,1-5H3. The SMILES string of the molecule is CCC(CC)(CNC1CC1)CN(C)CCCN(C)C. The van der Waals surface area contributed by atoms with Crippen molar-refractivity contribution in [1.82, 2.24) is 15.1 Å². The Bertz CT molecular complexity index is 232. The molecule has 0 saturated heterocycles. The van der Waals surface area contributed by atoms with Crippen molar-refractivity contribution < 1.29 is 0 Å². The summed E-state index contributed by atoms with van der Waals surface area (Å²) in [5.41, 5.74) is 0.468. The maximum Gasteiger partial charge on any atom is 0.00684 e. The van der Waals surface area contributed by atoms with Crippen LogP contribution in [0.1, 0.15) is 46.0 Å². The first-order valence-electron chi connectivity index (χ1n) is 8.08. The average molecular weight is 269 g/mol. The van der Waals surface area contributed by atoms with Crippen molar-refractivity contribution in [2.45, 2.75) is 52.0 Å². The van der Waals surface area contributed by atoms with Crippen LogP contribution in [0.25, 0.3) is 0 Å². The zero-order valence-corrected chi connectivity index (χ0v) is 13.8. The number of nitrogens with one attached hydrogen (secondary N) is 1. The van der Waals surface area contributed by atoms with Crippen LogP contribution in [0.4, 0.5) is 0 Å². The summed E-state index contributed by atoms with van der Waals surface area (Å²) in [5.74, 6) is 0. The molecule has 1 aliphatic rings. The highest BCUT2D eigenvalue weighted by Crippen LogP contribution is 2.29. The van der Waals surface area contributed by atoms with E-state index in [-0.39, 0.29) is 0 Å². The van der Waals surface area contributed by atoms with E-state index >= 15 is 0 Å². The van der Waals surface area contributed by atoms with Crippen LogP contribution < -0.4 is 5.32 Å². The maximum absolute atomic E-state index is 3.74. The van der Waals surface area contributed by atoms with E-state index in [1.165, 1.54) is 58.3 Å². The van der Waals surface area contributed by atoms with Crippen molar-refractivity contribution in [3.8, 4) is 0 Å². The van der Waals surface area contributed by atoms with E-state index in [0.717, 1.165) is 6.04 Å². The minimum atomic E-state index is 0.468. The summed E-state index contributed by atoms with van der Waals surface area (Å²) in [5, 5.41) is 3.74. The van der Waals surface area contributed by atoms with Crippen LogP contribution in [0.5, 0.6) is 0 Å². The zero-order valence-electron chi connectivity index (χ0n) is 13.8. The van der Waals surface area contributed by atoms with Crippen molar-refractivity contribution in [2.24, 2.45) is 5.41 Å². The lowest BCUT2D eigenvalue weighted by molar-refractivity contribution is 0.151. The first-order valence-corrected chi connectivity index (χ1v) is 8.08. The van der Waals surface area contributed by atoms with Gasteiger partial charge in [-0.15, -0.1) is 0 Å². The lowest BCUT2D eigenvalue weighted by Crippen LogP contribution is -2.43. The predicted octanol–water partition coefficient (Wildman–Crippen LogP) is 2.43. The normalized spacial score (nSPS) is 16.6. The molecule has 114 valence electrons. The van der Waals surface area contributed by atoms with E-state index in [2.05, 4.69) is 50.1 Å². The molecule has 0 aromatic carbocycles. The largest absolute Gasteiger partial charge is 0.313 e. The van der Waals surface area contributed by atoms with Gasteiger partial charge >= 0.3 is 0 Å². The molecule has 0 radical (unpaired) electrons. The highest BCUT2D eigenvalue weighted by atomic mass is 15.1. The number of rotatable bonds is 11. The highest BCUT2D eigenvalue weighted by molar-refractivity contribution is 4.88. The van der Waals surface area contributed by atoms with Gasteiger partial charge in [0.15, 0.2) is 0 Å². The third-order valence-electron chi connectivity index (χ3n) is 4.59. The van der Waals surface area contributed by atoms with Gasteiger partial charge in [-0.3, -0.25) is 0 Å². The van der Waals surface area contributed by atoms with Crippen LogP contribution in [-0.2, 0) is 0 Å². The molecular formula is C16H35N3. The van der Waals surface area contributed by atoms with Crippen LogP contribution in [0.15, 0.2) is 0 Å². The topological polar surface area (TPSA) is 18.5 Å². The Hall–Kier alpha value is -0.120. The molecule has 0 spiro atoms. The molecule has 0 atom stereocenters. The Morgan fingerprint density at radius 1 is 1.05 bits per heavy atom. The molecular weight excluding hydrogens is 234 g/mol. The van der Waals surface area contributed by atoms with Gasteiger partial charge in [0, 0.05) is 19.1 Å². The zero-order chi connectivity index (χ0) is 14.3. The number of nitrogens with zero attached hydrogens (tertiary/aromatic N) is 2. The second-order valence-corrected chi connectivity index (χ2v) is 6.76. The van der Waals surface area contributed by atoms with Crippen molar-refractivity contribution in [1.29, 1.82) is 0 Å². The second-order valence-electron chi connectivity index (χ2n) is 6.76. The molecule has 1 aliphatic carbocycles. The Morgan fingerprint density at radius 3 is 2.16 bits per heavy atom. The fraction of sp³-hybridized carbons (Fsp3) is 1.00.